The minimum atomic E-state index is 0.771. The van der Waals surface area contributed by atoms with E-state index in [-0.39, 0.29) is 0 Å². The highest BCUT2D eigenvalue weighted by Crippen LogP contribution is 2.26. The zero-order valence-corrected chi connectivity index (χ0v) is 7.23. The van der Waals surface area contributed by atoms with E-state index >= 15 is 0 Å². The SMILES string of the molecule is O=CC1=CC2=C(C=CC=CC=C2)C1. The fraction of sp³-hybridized carbons (Fsp3) is 0.0833. The molecule has 2 aliphatic carbocycles. The van der Waals surface area contributed by atoms with Gasteiger partial charge < -0.3 is 0 Å². The van der Waals surface area contributed by atoms with E-state index in [0.29, 0.717) is 0 Å². The summed E-state index contributed by atoms with van der Waals surface area (Å²) < 4.78 is 0. The first-order valence-corrected chi connectivity index (χ1v) is 4.30. The van der Waals surface area contributed by atoms with Crippen molar-refractivity contribution in [2.24, 2.45) is 0 Å². The summed E-state index contributed by atoms with van der Waals surface area (Å²) in [7, 11) is 0. The van der Waals surface area contributed by atoms with Crippen molar-refractivity contribution >= 4 is 6.29 Å². The first-order valence-electron chi connectivity index (χ1n) is 4.30. The summed E-state index contributed by atoms with van der Waals surface area (Å²) in [6, 6.07) is 0. The molecule has 2 rings (SSSR count). The maximum Gasteiger partial charge on any atom is 0.146 e. The van der Waals surface area contributed by atoms with Crippen LogP contribution in [0, 0.1) is 0 Å². The molecule has 0 amide bonds. The van der Waals surface area contributed by atoms with Crippen molar-refractivity contribution in [3.63, 3.8) is 0 Å². The van der Waals surface area contributed by atoms with Gasteiger partial charge in [-0.05, 0) is 22.8 Å². The molecule has 0 atom stereocenters. The van der Waals surface area contributed by atoms with Gasteiger partial charge in [0.25, 0.3) is 0 Å². The molecule has 0 unspecified atom stereocenters. The van der Waals surface area contributed by atoms with Crippen LogP contribution in [-0.4, -0.2) is 6.29 Å². The summed E-state index contributed by atoms with van der Waals surface area (Å²) in [6.07, 6.45) is 15.7. The first kappa shape index (κ1) is 7.99. The molecular weight excluding hydrogens is 160 g/mol. The molecule has 0 aliphatic heterocycles. The van der Waals surface area contributed by atoms with E-state index in [4.69, 9.17) is 0 Å². The summed E-state index contributed by atoms with van der Waals surface area (Å²) in [5.74, 6) is 0. The Bertz CT molecular complexity index is 376. The average molecular weight is 170 g/mol. The largest absolute Gasteiger partial charge is 0.298 e. The van der Waals surface area contributed by atoms with Gasteiger partial charge in [0.15, 0.2) is 0 Å². The van der Waals surface area contributed by atoms with Crippen LogP contribution in [-0.2, 0) is 4.79 Å². The summed E-state index contributed by atoms with van der Waals surface area (Å²) in [4.78, 5) is 10.6. The van der Waals surface area contributed by atoms with Gasteiger partial charge in [-0.1, -0.05) is 36.5 Å². The Hall–Kier alpha value is -1.63. The molecule has 0 aromatic carbocycles. The van der Waals surface area contributed by atoms with Crippen LogP contribution < -0.4 is 0 Å². The lowest BCUT2D eigenvalue weighted by Gasteiger charge is -1.97. The van der Waals surface area contributed by atoms with Gasteiger partial charge in [0.1, 0.15) is 6.29 Å². The monoisotopic (exact) mass is 170 g/mol. The van der Waals surface area contributed by atoms with Crippen molar-refractivity contribution in [1.29, 1.82) is 0 Å². The summed E-state index contributed by atoms with van der Waals surface area (Å²) in [5.41, 5.74) is 3.24. The fourth-order valence-corrected chi connectivity index (χ4v) is 1.51. The minimum Gasteiger partial charge on any atom is -0.298 e. The maximum absolute atomic E-state index is 10.6. The first-order chi connectivity index (χ1) is 6.40. The third-order valence-corrected chi connectivity index (χ3v) is 2.16. The molecule has 1 nitrogen and oxygen atoms in total. The van der Waals surface area contributed by atoms with Crippen molar-refractivity contribution in [3.8, 4) is 0 Å². The number of allylic oxidation sites excluding steroid dienone is 10. The van der Waals surface area contributed by atoms with Crippen LogP contribution in [0.2, 0.25) is 0 Å². The van der Waals surface area contributed by atoms with Crippen molar-refractivity contribution in [2.75, 3.05) is 0 Å². The van der Waals surface area contributed by atoms with Gasteiger partial charge in [0, 0.05) is 6.42 Å². The minimum absolute atomic E-state index is 0.771. The van der Waals surface area contributed by atoms with Crippen molar-refractivity contribution in [2.45, 2.75) is 6.42 Å². The van der Waals surface area contributed by atoms with E-state index in [1.807, 2.05) is 36.5 Å². The maximum atomic E-state index is 10.6. The van der Waals surface area contributed by atoms with Crippen LogP contribution >= 0.6 is 0 Å². The third-order valence-electron chi connectivity index (χ3n) is 2.16. The quantitative estimate of drug-likeness (QED) is 0.552. The number of hydrogen-bond donors (Lipinski definition) is 0. The van der Waals surface area contributed by atoms with Gasteiger partial charge >= 0.3 is 0 Å². The highest BCUT2D eigenvalue weighted by molar-refractivity contribution is 5.78. The molecule has 0 bridgehead atoms. The molecule has 13 heavy (non-hydrogen) atoms. The molecule has 0 spiro atoms. The van der Waals surface area contributed by atoms with Gasteiger partial charge in [-0.15, -0.1) is 0 Å². The fourth-order valence-electron chi connectivity index (χ4n) is 1.51. The molecule has 0 N–H and O–H groups in total. The van der Waals surface area contributed by atoms with Crippen LogP contribution in [0.4, 0.5) is 0 Å². The number of aldehydes is 1. The molecule has 0 radical (unpaired) electrons. The lowest BCUT2D eigenvalue weighted by molar-refractivity contribution is -0.104. The van der Waals surface area contributed by atoms with Crippen LogP contribution in [0.25, 0.3) is 0 Å². The lowest BCUT2D eigenvalue weighted by atomic mass is 10.1. The molecule has 0 saturated heterocycles. The standard InChI is InChI=1S/C12H10O/c13-9-10-7-11-5-3-1-2-4-6-12(11)8-10/h1-7,9H,8H2. The summed E-state index contributed by atoms with van der Waals surface area (Å²) in [5, 5.41) is 0. The Balaban J connectivity index is 2.34. The Morgan fingerprint density at radius 3 is 2.62 bits per heavy atom. The van der Waals surface area contributed by atoms with Gasteiger partial charge in [0.2, 0.25) is 0 Å². The second-order valence-electron chi connectivity index (χ2n) is 3.10. The molecule has 1 heteroatoms. The topological polar surface area (TPSA) is 17.1 Å². The molecule has 0 saturated carbocycles. The van der Waals surface area contributed by atoms with E-state index in [1.165, 1.54) is 5.57 Å². The lowest BCUT2D eigenvalue weighted by Crippen LogP contribution is -1.80. The van der Waals surface area contributed by atoms with Crippen molar-refractivity contribution in [1.82, 2.24) is 0 Å². The van der Waals surface area contributed by atoms with Crippen molar-refractivity contribution < 1.29 is 4.79 Å². The van der Waals surface area contributed by atoms with E-state index in [0.717, 1.165) is 23.9 Å². The normalized spacial score (nSPS) is 19.5. The average Bonchev–Trinajstić information content (AvgIpc) is 2.47. The zero-order chi connectivity index (χ0) is 9.10. The number of rotatable bonds is 1. The zero-order valence-electron chi connectivity index (χ0n) is 7.23. The summed E-state index contributed by atoms with van der Waals surface area (Å²) in [6.45, 7) is 0. The second-order valence-corrected chi connectivity index (χ2v) is 3.10. The van der Waals surface area contributed by atoms with Crippen LogP contribution in [0.5, 0.6) is 0 Å². The van der Waals surface area contributed by atoms with E-state index in [9.17, 15) is 4.79 Å². The second kappa shape index (κ2) is 3.40. The number of carbonyl (C=O) groups is 1. The molecule has 0 heterocycles. The highest BCUT2D eigenvalue weighted by Gasteiger charge is 2.11. The number of carbonyl (C=O) groups excluding carboxylic acids is 1. The van der Waals surface area contributed by atoms with Gasteiger partial charge in [0.05, 0.1) is 0 Å². The van der Waals surface area contributed by atoms with Gasteiger partial charge in [-0.25, -0.2) is 0 Å². The van der Waals surface area contributed by atoms with Gasteiger partial charge in [-0.2, -0.15) is 0 Å². The molecule has 64 valence electrons. The van der Waals surface area contributed by atoms with Crippen LogP contribution in [0.1, 0.15) is 6.42 Å². The van der Waals surface area contributed by atoms with Crippen LogP contribution in [0.3, 0.4) is 0 Å². The predicted molar refractivity (Wildman–Crippen MR) is 53.2 cm³/mol. The highest BCUT2D eigenvalue weighted by atomic mass is 16.1. The molecule has 0 aromatic rings. The number of hydrogen-bond acceptors (Lipinski definition) is 1. The molecule has 0 fully saturated rings. The van der Waals surface area contributed by atoms with E-state index < -0.39 is 0 Å². The Kier molecular flexibility index (Phi) is 2.09. The van der Waals surface area contributed by atoms with Crippen molar-refractivity contribution in [3.05, 3.63) is 59.3 Å². The van der Waals surface area contributed by atoms with E-state index in [1.54, 1.807) is 0 Å². The molecule has 2 aliphatic rings. The Morgan fingerprint density at radius 1 is 1.08 bits per heavy atom. The van der Waals surface area contributed by atoms with Gasteiger partial charge in [-0.3, -0.25) is 4.79 Å². The summed E-state index contributed by atoms with van der Waals surface area (Å²) >= 11 is 0. The van der Waals surface area contributed by atoms with E-state index in [2.05, 4.69) is 6.08 Å². The Morgan fingerprint density at radius 2 is 1.85 bits per heavy atom. The smallest absolute Gasteiger partial charge is 0.146 e. The molecular formula is C12H10O. The third kappa shape index (κ3) is 1.59. The molecule has 0 aromatic heterocycles. The Labute approximate surface area is 77.5 Å². The predicted octanol–water partition coefficient (Wildman–Crippen LogP) is 2.49. The van der Waals surface area contributed by atoms with Crippen LogP contribution in [0.15, 0.2) is 59.3 Å².